The molecule has 2 heterocycles. The SMILES string of the molecule is C[C@H](NC(=O)c1ccncc1)c1ccc(Br)s1. The Balaban J connectivity index is 2.04. The summed E-state index contributed by atoms with van der Waals surface area (Å²) >= 11 is 5.03. The van der Waals surface area contributed by atoms with Crippen LogP contribution in [0.4, 0.5) is 0 Å². The number of carbonyl (C=O) groups is 1. The second-order valence-electron chi connectivity index (χ2n) is 3.57. The molecule has 0 spiro atoms. The fourth-order valence-electron chi connectivity index (χ4n) is 1.42. The minimum atomic E-state index is -0.0792. The standard InChI is InChI=1S/C12H11BrN2OS/c1-8(10-2-3-11(13)17-10)15-12(16)9-4-6-14-7-5-9/h2-8H,1H3,(H,15,16)/t8-/m0/s1. The predicted octanol–water partition coefficient (Wildman–Crippen LogP) is 3.40. The van der Waals surface area contributed by atoms with Crippen LogP contribution in [0, 0.1) is 0 Å². The van der Waals surface area contributed by atoms with Crippen molar-refractivity contribution in [1.29, 1.82) is 0 Å². The molecule has 0 aliphatic carbocycles. The molecule has 0 unspecified atom stereocenters. The van der Waals surface area contributed by atoms with Crippen molar-refractivity contribution in [1.82, 2.24) is 10.3 Å². The maximum atomic E-state index is 11.9. The van der Waals surface area contributed by atoms with E-state index in [-0.39, 0.29) is 11.9 Å². The first-order valence-electron chi connectivity index (χ1n) is 5.13. The molecule has 0 radical (unpaired) electrons. The largest absolute Gasteiger partial charge is 0.345 e. The van der Waals surface area contributed by atoms with Crippen molar-refractivity contribution in [3.63, 3.8) is 0 Å². The van der Waals surface area contributed by atoms with Crippen molar-refractivity contribution in [3.8, 4) is 0 Å². The molecular formula is C12H11BrN2OS. The molecule has 0 bridgehead atoms. The summed E-state index contributed by atoms with van der Waals surface area (Å²) in [5, 5.41) is 2.95. The number of amides is 1. The Morgan fingerprint density at radius 3 is 2.65 bits per heavy atom. The molecule has 1 N–H and O–H groups in total. The van der Waals surface area contributed by atoms with Crippen LogP contribution in [0.25, 0.3) is 0 Å². The molecule has 0 aliphatic heterocycles. The molecule has 2 rings (SSSR count). The van der Waals surface area contributed by atoms with Crippen molar-refractivity contribution in [2.45, 2.75) is 13.0 Å². The summed E-state index contributed by atoms with van der Waals surface area (Å²) in [5.41, 5.74) is 0.627. The summed E-state index contributed by atoms with van der Waals surface area (Å²) in [6.45, 7) is 1.97. The monoisotopic (exact) mass is 310 g/mol. The number of halogens is 1. The van der Waals surface area contributed by atoms with Crippen LogP contribution in [0.15, 0.2) is 40.4 Å². The average molecular weight is 311 g/mol. The number of thiophene rings is 1. The highest BCUT2D eigenvalue weighted by Crippen LogP contribution is 2.27. The first-order chi connectivity index (χ1) is 8.16. The minimum Gasteiger partial charge on any atom is -0.345 e. The zero-order chi connectivity index (χ0) is 12.3. The van der Waals surface area contributed by atoms with Crippen molar-refractivity contribution in [3.05, 3.63) is 50.9 Å². The zero-order valence-corrected chi connectivity index (χ0v) is 11.6. The Morgan fingerprint density at radius 2 is 2.06 bits per heavy atom. The van der Waals surface area contributed by atoms with Gasteiger partial charge in [0.1, 0.15) is 0 Å². The molecule has 2 aromatic heterocycles. The van der Waals surface area contributed by atoms with Crippen LogP contribution < -0.4 is 5.32 Å². The van der Waals surface area contributed by atoms with Gasteiger partial charge in [0.2, 0.25) is 0 Å². The van der Waals surface area contributed by atoms with Crippen LogP contribution in [0.1, 0.15) is 28.2 Å². The van der Waals surface area contributed by atoms with Gasteiger partial charge in [-0.05, 0) is 47.1 Å². The topological polar surface area (TPSA) is 42.0 Å². The van der Waals surface area contributed by atoms with E-state index in [9.17, 15) is 4.79 Å². The number of hydrogen-bond donors (Lipinski definition) is 1. The third-order valence-corrected chi connectivity index (χ3v) is 4.12. The van der Waals surface area contributed by atoms with Crippen molar-refractivity contribution < 1.29 is 4.79 Å². The van der Waals surface area contributed by atoms with E-state index >= 15 is 0 Å². The molecule has 0 aliphatic rings. The van der Waals surface area contributed by atoms with Gasteiger partial charge in [0.05, 0.1) is 9.83 Å². The van der Waals surface area contributed by atoms with Crippen molar-refractivity contribution in [2.24, 2.45) is 0 Å². The Labute approximate surface area is 112 Å². The van der Waals surface area contributed by atoms with Gasteiger partial charge in [0.15, 0.2) is 0 Å². The summed E-state index contributed by atoms with van der Waals surface area (Å²) in [6, 6.07) is 7.40. The molecular weight excluding hydrogens is 300 g/mol. The molecule has 0 aromatic carbocycles. The van der Waals surface area contributed by atoms with E-state index in [1.165, 1.54) is 0 Å². The smallest absolute Gasteiger partial charge is 0.251 e. The van der Waals surface area contributed by atoms with Crippen LogP contribution in [0.3, 0.4) is 0 Å². The number of nitrogens with zero attached hydrogens (tertiary/aromatic N) is 1. The lowest BCUT2D eigenvalue weighted by molar-refractivity contribution is 0.0940. The molecule has 0 saturated carbocycles. The van der Waals surface area contributed by atoms with Crippen LogP contribution in [0.2, 0.25) is 0 Å². The van der Waals surface area contributed by atoms with E-state index in [0.29, 0.717) is 5.56 Å². The van der Waals surface area contributed by atoms with E-state index in [1.807, 2.05) is 19.1 Å². The number of carbonyl (C=O) groups excluding carboxylic acids is 1. The number of hydrogen-bond acceptors (Lipinski definition) is 3. The summed E-state index contributed by atoms with van der Waals surface area (Å²) in [7, 11) is 0. The van der Waals surface area contributed by atoms with E-state index in [0.717, 1.165) is 8.66 Å². The van der Waals surface area contributed by atoms with E-state index in [2.05, 4.69) is 26.2 Å². The highest BCUT2D eigenvalue weighted by molar-refractivity contribution is 9.11. The Kier molecular flexibility index (Phi) is 3.91. The van der Waals surface area contributed by atoms with Gasteiger partial charge in [-0.2, -0.15) is 0 Å². The van der Waals surface area contributed by atoms with Gasteiger partial charge in [-0.15, -0.1) is 11.3 Å². The predicted molar refractivity (Wildman–Crippen MR) is 72.1 cm³/mol. The average Bonchev–Trinajstić information content (AvgIpc) is 2.77. The minimum absolute atomic E-state index is 0.00645. The third kappa shape index (κ3) is 3.14. The molecule has 88 valence electrons. The Morgan fingerprint density at radius 1 is 1.35 bits per heavy atom. The molecule has 17 heavy (non-hydrogen) atoms. The first kappa shape index (κ1) is 12.3. The maximum Gasteiger partial charge on any atom is 0.251 e. The summed E-state index contributed by atoms with van der Waals surface area (Å²) in [5.74, 6) is -0.0792. The van der Waals surface area contributed by atoms with Gasteiger partial charge < -0.3 is 5.32 Å². The fourth-order valence-corrected chi connectivity index (χ4v) is 2.84. The van der Waals surface area contributed by atoms with Crippen LogP contribution in [0.5, 0.6) is 0 Å². The second-order valence-corrected chi connectivity index (χ2v) is 6.07. The Bertz CT molecular complexity index is 512. The lowest BCUT2D eigenvalue weighted by Gasteiger charge is -2.11. The molecule has 3 nitrogen and oxygen atoms in total. The van der Waals surface area contributed by atoms with Gasteiger partial charge in [-0.1, -0.05) is 0 Å². The maximum absolute atomic E-state index is 11.9. The lowest BCUT2D eigenvalue weighted by atomic mass is 10.2. The van der Waals surface area contributed by atoms with E-state index in [4.69, 9.17) is 0 Å². The van der Waals surface area contributed by atoms with E-state index < -0.39 is 0 Å². The third-order valence-electron chi connectivity index (χ3n) is 2.31. The molecule has 5 heteroatoms. The second kappa shape index (κ2) is 5.42. The van der Waals surface area contributed by atoms with Gasteiger partial charge in [0, 0.05) is 22.8 Å². The van der Waals surface area contributed by atoms with Crippen LogP contribution in [-0.2, 0) is 0 Å². The molecule has 1 atom stereocenters. The molecule has 0 saturated heterocycles. The van der Waals surface area contributed by atoms with Crippen molar-refractivity contribution >= 4 is 33.2 Å². The lowest BCUT2D eigenvalue weighted by Crippen LogP contribution is -2.26. The van der Waals surface area contributed by atoms with Gasteiger partial charge in [-0.25, -0.2) is 0 Å². The van der Waals surface area contributed by atoms with Crippen LogP contribution in [-0.4, -0.2) is 10.9 Å². The number of pyridine rings is 1. The molecule has 1 amide bonds. The van der Waals surface area contributed by atoms with Gasteiger partial charge >= 0.3 is 0 Å². The van der Waals surface area contributed by atoms with Gasteiger partial charge in [-0.3, -0.25) is 9.78 Å². The molecule has 2 aromatic rings. The number of rotatable bonds is 3. The fraction of sp³-hybridized carbons (Fsp3) is 0.167. The summed E-state index contributed by atoms with van der Waals surface area (Å²) in [6.07, 6.45) is 3.22. The first-order valence-corrected chi connectivity index (χ1v) is 6.74. The number of aromatic nitrogens is 1. The number of nitrogens with one attached hydrogen (secondary N) is 1. The Hall–Kier alpha value is -1.20. The summed E-state index contributed by atoms with van der Waals surface area (Å²) < 4.78 is 1.07. The van der Waals surface area contributed by atoms with Crippen molar-refractivity contribution in [2.75, 3.05) is 0 Å². The normalized spacial score (nSPS) is 12.1. The quantitative estimate of drug-likeness (QED) is 0.944. The highest BCUT2D eigenvalue weighted by atomic mass is 79.9. The van der Waals surface area contributed by atoms with Crippen LogP contribution >= 0.6 is 27.3 Å². The van der Waals surface area contributed by atoms with Gasteiger partial charge in [0.25, 0.3) is 5.91 Å². The van der Waals surface area contributed by atoms with E-state index in [1.54, 1.807) is 35.9 Å². The highest BCUT2D eigenvalue weighted by Gasteiger charge is 2.12. The zero-order valence-electron chi connectivity index (χ0n) is 9.18. The molecule has 0 fully saturated rings. The summed E-state index contributed by atoms with van der Waals surface area (Å²) in [4.78, 5) is 16.9.